The molecule has 0 radical (unpaired) electrons. The van der Waals surface area contributed by atoms with Crippen molar-refractivity contribution in [3.63, 3.8) is 0 Å². The number of benzene rings is 1. The topological polar surface area (TPSA) is 42.2 Å². The first-order chi connectivity index (χ1) is 8.65. The number of hydrogen-bond acceptors (Lipinski definition) is 3. The third kappa shape index (κ3) is 3.31. The predicted molar refractivity (Wildman–Crippen MR) is 75.0 cm³/mol. The largest absolute Gasteiger partial charge is 0.399 e. The number of aromatic nitrogens is 1. The zero-order chi connectivity index (χ0) is 13.0. The molecular weight excluding hydrogens is 222 g/mol. The van der Waals surface area contributed by atoms with Gasteiger partial charge < -0.3 is 5.73 Å². The summed E-state index contributed by atoms with van der Waals surface area (Å²) in [5.41, 5.74) is 10.2. The molecule has 0 bridgehead atoms. The van der Waals surface area contributed by atoms with Gasteiger partial charge in [-0.25, -0.2) is 0 Å². The Balaban J connectivity index is 2.01. The van der Waals surface area contributed by atoms with E-state index in [2.05, 4.69) is 36.0 Å². The van der Waals surface area contributed by atoms with Gasteiger partial charge in [-0.1, -0.05) is 18.2 Å². The van der Waals surface area contributed by atoms with E-state index in [0.717, 1.165) is 24.5 Å². The minimum Gasteiger partial charge on any atom is -0.399 e. The lowest BCUT2D eigenvalue weighted by molar-refractivity contribution is 0.314. The highest BCUT2D eigenvalue weighted by molar-refractivity contribution is 5.40. The van der Waals surface area contributed by atoms with Gasteiger partial charge in [0.2, 0.25) is 0 Å². The molecule has 0 amide bonds. The molecule has 0 aliphatic rings. The molecule has 0 atom stereocenters. The highest BCUT2D eigenvalue weighted by Crippen LogP contribution is 2.11. The van der Waals surface area contributed by atoms with Gasteiger partial charge in [-0.3, -0.25) is 9.88 Å². The number of anilines is 1. The minimum atomic E-state index is 0.815. The van der Waals surface area contributed by atoms with Crippen LogP contribution >= 0.6 is 0 Å². The molecule has 2 rings (SSSR count). The van der Waals surface area contributed by atoms with Crippen molar-refractivity contribution in [2.24, 2.45) is 0 Å². The van der Waals surface area contributed by atoms with Crippen molar-refractivity contribution in [2.45, 2.75) is 20.0 Å². The number of rotatable bonds is 4. The number of nitrogen functional groups attached to an aromatic ring is 1. The van der Waals surface area contributed by atoms with E-state index in [9.17, 15) is 0 Å². The Bertz CT molecular complexity index is 523. The van der Waals surface area contributed by atoms with Gasteiger partial charge in [0.05, 0.1) is 5.69 Å². The van der Waals surface area contributed by atoms with Crippen LogP contribution in [-0.4, -0.2) is 16.9 Å². The molecular formula is C15H19N3. The summed E-state index contributed by atoms with van der Waals surface area (Å²) in [4.78, 5) is 6.65. The molecule has 18 heavy (non-hydrogen) atoms. The number of aryl methyl sites for hydroxylation is 1. The molecule has 1 heterocycles. The van der Waals surface area contributed by atoms with Gasteiger partial charge in [0, 0.05) is 25.0 Å². The molecule has 0 spiro atoms. The van der Waals surface area contributed by atoms with E-state index < -0.39 is 0 Å². The van der Waals surface area contributed by atoms with Crippen LogP contribution in [0.1, 0.15) is 16.8 Å². The molecule has 2 N–H and O–H groups in total. The average molecular weight is 241 g/mol. The summed E-state index contributed by atoms with van der Waals surface area (Å²) in [5.74, 6) is 0. The summed E-state index contributed by atoms with van der Waals surface area (Å²) in [6.45, 7) is 3.82. The van der Waals surface area contributed by atoms with Crippen molar-refractivity contribution < 1.29 is 0 Å². The molecule has 3 nitrogen and oxygen atoms in total. The van der Waals surface area contributed by atoms with Crippen LogP contribution in [0.4, 0.5) is 5.69 Å². The third-order valence-electron chi connectivity index (χ3n) is 2.94. The Morgan fingerprint density at radius 3 is 2.72 bits per heavy atom. The molecule has 0 fully saturated rings. The standard InChI is InChI=1S/C15H19N3/c1-12-5-4-8-17-15(12)11-18(2)10-13-6-3-7-14(16)9-13/h3-9H,10-11,16H2,1-2H3. The van der Waals surface area contributed by atoms with Crippen LogP contribution in [0.25, 0.3) is 0 Å². The van der Waals surface area contributed by atoms with E-state index in [1.807, 2.05) is 30.5 Å². The number of nitrogens with two attached hydrogens (primary N) is 1. The Morgan fingerprint density at radius 1 is 1.17 bits per heavy atom. The van der Waals surface area contributed by atoms with Gasteiger partial charge in [0.1, 0.15) is 0 Å². The Morgan fingerprint density at radius 2 is 2.00 bits per heavy atom. The maximum atomic E-state index is 5.78. The van der Waals surface area contributed by atoms with Crippen molar-refractivity contribution in [3.8, 4) is 0 Å². The van der Waals surface area contributed by atoms with Crippen molar-refractivity contribution >= 4 is 5.69 Å². The average Bonchev–Trinajstić information content (AvgIpc) is 2.32. The van der Waals surface area contributed by atoms with Crippen molar-refractivity contribution in [1.82, 2.24) is 9.88 Å². The fourth-order valence-corrected chi connectivity index (χ4v) is 2.00. The van der Waals surface area contributed by atoms with Gasteiger partial charge >= 0.3 is 0 Å². The highest BCUT2D eigenvalue weighted by atomic mass is 15.1. The van der Waals surface area contributed by atoms with Crippen LogP contribution in [-0.2, 0) is 13.1 Å². The van der Waals surface area contributed by atoms with Crippen LogP contribution < -0.4 is 5.73 Å². The number of hydrogen-bond donors (Lipinski definition) is 1. The summed E-state index contributed by atoms with van der Waals surface area (Å²) in [6, 6.07) is 12.1. The summed E-state index contributed by atoms with van der Waals surface area (Å²) in [7, 11) is 2.09. The maximum Gasteiger partial charge on any atom is 0.0573 e. The summed E-state index contributed by atoms with van der Waals surface area (Å²) >= 11 is 0. The molecule has 0 unspecified atom stereocenters. The molecule has 0 aliphatic heterocycles. The molecule has 3 heteroatoms. The first-order valence-electron chi connectivity index (χ1n) is 6.08. The lowest BCUT2D eigenvalue weighted by Crippen LogP contribution is -2.18. The van der Waals surface area contributed by atoms with Gasteiger partial charge in [0.25, 0.3) is 0 Å². The quantitative estimate of drug-likeness (QED) is 0.837. The highest BCUT2D eigenvalue weighted by Gasteiger charge is 2.05. The van der Waals surface area contributed by atoms with Gasteiger partial charge in [-0.15, -0.1) is 0 Å². The molecule has 2 aromatic rings. The van der Waals surface area contributed by atoms with E-state index in [0.29, 0.717) is 0 Å². The number of pyridine rings is 1. The zero-order valence-corrected chi connectivity index (χ0v) is 10.9. The number of nitrogens with zero attached hydrogens (tertiary/aromatic N) is 2. The minimum absolute atomic E-state index is 0.815. The summed E-state index contributed by atoms with van der Waals surface area (Å²) < 4.78 is 0. The fraction of sp³-hybridized carbons (Fsp3) is 0.267. The van der Waals surface area contributed by atoms with Crippen LogP contribution in [0.15, 0.2) is 42.6 Å². The Labute approximate surface area is 108 Å². The molecule has 0 saturated heterocycles. The first kappa shape index (κ1) is 12.6. The Kier molecular flexibility index (Phi) is 3.95. The first-order valence-corrected chi connectivity index (χ1v) is 6.08. The fourth-order valence-electron chi connectivity index (χ4n) is 2.00. The lowest BCUT2D eigenvalue weighted by Gasteiger charge is -2.17. The molecule has 94 valence electrons. The lowest BCUT2D eigenvalue weighted by atomic mass is 10.1. The van der Waals surface area contributed by atoms with E-state index in [-0.39, 0.29) is 0 Å². The smallest absolute Gasteiger partial charge is 0.0573 e. The van der Waals surface area contributed by atoms with Gasteiger partial charge in [-0.2, -0.15) is 0 Å². The van der Waals surface area contributed by atoms with Gasteiger partial charge in [0.15, 0.2) is 0 Å². The predicted octanol–water partition coefficient (Wildman–Crippen LogP) is 2.60. The summed E-state index contributed by atoms with van der Waals surface area (Å²) in [5, 5.41) is 0. The second-order valence-electron chi connectivity index (χ2n) is 4.68. The van der Waals surface area contributed by atoms with Crippen LogP contribution in [0.3, 0.4) is 0 Å². The summed E-state index contributed by atoms with van der Waals surface area (Å²) in [6.07, 6.45) is 1.84. The van der Waals surface area contributed by atoms with E-state index >= 15 is 0 Å². The van der Waals surface area contributed by atoms with E-state index in [4.69, 9.17) is 5.73 Å². The monoisotopic (exact) mass is 241 g/mol. The third-order valence-corrected chi connectivity index (χ3v) is 2.94. The Hall–Kier alpha value is -1.87. The second kappa shape index (κ2) is 5.65. The second-order valence-corrected chi connectivity index (χ2v) is 4.68. The zero-order valence-electron chi connectivity index (χ0n) is 10.9. The van der Waals surface area contributed by atoms with E-state index in [1.54, 1.807) is 0 Å². The molecule has 0 aliphatic carbocycles. The SMILES string of the molecule is Cc1cccnc1CN(C)Cc1cccc(N)c1. The van der Waals surface area contributed by atoms with E-state index in [1.165, 1.54) is 11.1 Å². The van der Waals surface area contributed by atoms with Crippen molar-refractivity contribution in [2.75, 3.05) is 12.8 Å². The van der Waals surface area contributed by atoms with Crippen LogP contribution in [0, 0.1) is 6.92 Å². The molecule has 1 aromatic heterocycles. The maximum absolute atomic E-state index is 5.78. The van der Waals surface area contributed by atoms with Crippen LogP contribution in [0.2, 0.25) is 0 Å². The van der Waals surface area contributed by atoms with Crippen molar-refractivity contribution in [3.05, 3.63) is 59.4 Å². The normalized spacial score (nSPS) is 10.8. The molecule has 1 aromatic carbocycles. The van der Waals surface area contributed by atoms with Gasteiger partial charge in [-0.05, 0) is 43.3 Å². The van der Waals surface area contributed by atoms with Crippen molar-refractivity contribution in [1.29, 1.82) is 0 Å². The van der Waals surface area contributed by atoms with Crippen LogP contribution in [0.5, 0.6) is 0 Å². The molecule has 0 saturated carbocycles.